The molecule has 1 aliphatic rings. The standard InChI is InChI=1S/C12H18N4O/c1-10(17)15-4-6-16(7-5-15)12-3-2-11(8-13)14-9-12/h2-3,9H,4-8,13H2,1H3. The van der Waals surface area contributed by atoms with Gasteiger partial charge in [-0.3, -0.25) is 9.78 Å². The molecule has 0 radical (unpaired) electrons. The molecule has 5 nitrogen and oxygen atoms in total. The quantitative estimate of drug-likeness (QED) is 0.794. The summed E-state index contributed by atoms with van der Waals surface area (Å²) in [4.78, 5) is 19.6. The first-order chi connectivity index (χ1) is 8.20. The molecule has 1 aliphatic heterocycles. The van der Waals surface area contributed by atoms with Crippen LogP contribution in [-0.4, -0.2) is 42.0 Å². The molecule has 0 aliphatic carbocycles. The van der Waals surface area contributed by atoms with Gasteiger partial charge in [0.1, 0.15) is 0 Å². The Labute approximate surface area is 101 Å². The monoisotopic (exact) mass is 234 g/mol. The fourth-order valence-corrected chi connectivity index (χ4v) is 2.00. The maximum absolute atomic E-state index is 11.2. The van der Waals surface area contributed by atoms with E-state index in [0.29, 0.717) is 6.54 Å². The summed E-state index contributed by atoms with van der Waals surface area (Å²) >= 11 is 0. The Bertz CT molecular complexity index is 382. The number of anilines is 1. The highest BCUT2D eigenvalue weighted by atomic mass is 16.2. The third-order valence-corrected chi connectivity index (χ3v) is 3.11. The fourth-order valence-electron chi connectivity index (χ4n) is 2.00. The molecule has 0 saturated carbocycles. The lowest BCUT2D eigenvalue weighted by Crippen LogP contribution is -2.48. The maximum atomic E-state index is 11.2. The Hall–Kier alpha value is -1.62. The van der Waals surface area contributed by atoms with E-state index in [1.165, 1.54) is 0 Å². The molecular formula is C12H18N4O. The van der Waals surface area contributed by atoms with Crippen molar-refractivity contribution in [2.24, 2.45) is 5.73 Å². The van der Waals surface area contributed by atoms with Crippen molar-refractivity contribution in [3.63, 3.8) is 0 Å². The molecule has 0 unspecified atom stereocenters. The average Bonchev–Trinajstić information content (AvgIpc) is 2.39. The Morgan fingerprint density at radius 2 is 2.06 bits per heavy atom. The van der Waals surface area contributed by atoms with Crippen molar-refractivity contribution >= 4 is 11.6 Å². The average molecular weight is 234 g/mol. The number of pyridine rings is 1. The van der Waals surface area contributed by atoms with Crippen molar-refractivity contribution in [1.82, 2.24) is 9.88 Å². The van der Waals surface area contributed by atoms with Gasteiger partial charge in [-0.15, -0.1) is 0 Å². The van der Waals surface area contributed by atoms with Crippen LogP contribution in [0, 0.1) is 0 Å². The number of carbonyl (C=O) groups excluding carboxylic acids is 1. The summed E-state index contributed by atoms with van der Waals surface area (Å²) < 4.78 is 0. The molecule has 92 valence electrons. The predicted molar refractivity (Wildman–Crippen MR) is 66.6 cm³/mol. The second-order valence-corrected chi connectivity index (χ2v) is 4.20. The van der Waals surface area contributed by atoms with E-state index >= 15 is 0 Å². The smallest absolute Gasteiger partial charge is 0.219 e. The topological polar surface area (TPSA) is 62.5 Å². The number of hydrogen-bond donors (Lipinski definition) is 1. The van der Waals surface area contributed by atoms with Gasteiger partial charge in [-0.05, 0) is 12.1 Å². The third kappa shape index (κ3) is 2.74. The van der Waals surface area contributed by atoms with Crippen LogP contribution < -0.4 is 10.6 Å². The Balaban J connectivity index is 1.97. The SMILES string of the molecule is CC(=O)N1CCN(c2ccc(CN)nc2)CC1. The molecule has 1 amide bonds. The van der Waals surface area contributed by atoms with Gasteiger partial charge in [0.2, 0.25) is 5.91 Å². The van der Waals surface area contributed by atoms with Crippen molar-refractivity contribution < 1.29 is 4.79 Å². The van der Waals surface area contributed by atoms with E-state index in [9.17, 15) is 4.79 Å². The zero-order valence-corrected chi connectivity index (χ0v) is 10.1. The minimum Gasteiger partial charge on any atom is -0.367 e. The van der Waals surface area contributed by atoms with Gasteiger partial charge in [-0.2, -0.15) is 0 Å². The highest BCUT2D eigenvalue weighted by Gasteiger charge is 2.18. The predicted octanol–water partition coefficient (Wildman–Crippen LogP) is 0.209. The molecule has 2 rings (SSSR count). The molecule has 2 heterocycles. The number of nitrogens with zero attached hydrogens (tertiary/aromatic N) is 3. The van der Waals surface area contributed by atoms with E-state index in [4.69, 9.17) is 5.73 Å². The van der Waals surface area contributed by atoms with Crippen molar-refractivity contribution in [3.8, 4) is 0 Å². The van der Waals surface area contributed by atoms with Crippen LogP contribution in [0.4, 0.5) is 5.69 Å². The Morgan fingerprint density at radius 3 is 2.53 bits per heavy atom. The van der Waals surface area contributed by atoms with Crippen LogP contribution in [0.1, 0.15) is 12.6 Å². The maximum Gasteiger partial charge on any atom is 0.219 e. The summed E-state index contributed by atoms with van der Waals surface area (Å²) in [5.74, 6) is 0.154. The normalized spacial score (nSPS) is 16.1. The number of aromatic nitrogens is 1. The van der Waals surface area contributed by atoms with Gasteiger partial charge in [0.25, 0.3) is 0 Å². The zero-order valence-electron chi connectivity index (χ0n) is 10.1. The highest BCUT2D eigenvalue weighted by molar-refractivity contribution is 5.73. The molecular weight excluding hydrogens is 216 g/mol. The second-order valence-electron chi connectivity index (χ2n) is 4.20. The van der Waals surface area contributed by atoms with Gasteiger partial charge in [0.15, 0.2) is 0 Å². The lowest BCUT2D eigenvalue weighted by atomic mass is 10.2. The summed E-state index contributed by atoms with van der Waals surface area (Å²) in [5, 5.41) is 0. The molecule has 2 N–H and O–H groups in total. The van der Waals surface area contributed by atoms with Crippen molar-refractivity contribution in [1.29, 1.82) is 0 Å². The number of piperazine rings is 1. The first-order valence-corrected chi connectivity index (χ1v) is 5.86. The van der Waals surface area contributed by atoms with Gasteiger partial charge < -0.3 is 15.5 Å². The van der Waals surface area contributed by atoms with Crippen LogP contribution in [0.3, 0.4) is 0 Å². The van der Waals surface area contributed by atoms with Crippen molar-refractivity contribution in [3.05, 3.63) is 24.0 Å². The van der Waals surface area contributed by atoms with E-state index in [1.54, 1.807) is 6.92 Å². The van der Waals surface area contributed by atoms with Crippen molar-refractivity contribution in [2.45, 2.75) is 13.5 Å². The first kappa shape index (κ1) is 11.9. The van der Waals surface area contributed by atoms with Crippen LogP contribution in [0.25, 0.3) is 0 Å². The third-order valence-electron chi connectivity index (χ3n) is 3.11. The number of hydrogen-bond acceptors (Lipinski definition) is 4. The molecule has 17 heavy (non-hydrogen) atoms. The van der Waals surface area contributed by atoms with Crippen molar-refractivity contribution in [2.75, 3.05) is 31.1 Å². The molecule has 1 fully saturated rings. The molecule has 0 atom stereocenters. The second kappa shape index (κ2) is 5.14. The van der Waals surface area contributed by atoms with Gasteiger partial charge in [0, 0.05) is 39.6 Å². The number of carbonyl (C=O) groups is 1. The Kier molecular flexibility index (Phi) is 3.58. The van der Waals surface area contributed by atoms with Gasteiger partial charge in [-0.1, -0.05) is 0 Å². The first-order valence-electron chi connectivity index (χ1n) is 5.86. The molecule has 1 saturated heterocycles. The minimum absolute atomic E-state index is 0.154. The lowest BCUT2D eigenvalue weighted by molar-refractivity contribution is -0.129. The van der Waals surface area contributed by atoms with Crippen LogP contribution in [0.2, 0.25) is 0 Å². The molecule has 5 heteroatoms. The van der Waals surface area contributed by atoms with E-state index in [-0.39, 0.29) is 5.91 Å². The molecule has 1 aromatic heterocycles. The van der Waals surface area contributed by atoms with Gasteiger partial charge in [-0.25, -0.2) is 0 Å². The van der Waals surface area contributed by atoms with Crippen LogP contribution >= 0.6 is 0 Å². The van der Waals surface area contributed by atoms with Gasteiger partial charge in [0.05, 0.1) is 17.6 Å². The number of rotatable bonds is 2. The largest absolute Gasteiger partial charge is 0.367 e. The lowest BCUT2D eigenvalue weighted by Gasteiger charge is -2.35. The molecule has 0 spiro atoms. The minimum atomic E-state index is 0.154. The summed E-state index contributed by atoms with van der Waals surface area (Å²) in [7, 11) is 0. The van der Waals surface area contributed by atoms with E-state index in [2.05, 4.69) is 9.88 Å². The highest BCUT2D eigenvalue weighted by Crippen LogP contribution is 2.15. The van der Waals surface area contributed by atoms with E-state index < -0.39 is 0 Å². The number of amides is 1. The summed E-state index contributed by atoms with van der Waals surface area (Å²) in [6, 6.07) is 3.99. The zero-order chi connectivity index (χ0) is 12.3. The van der Waals surface area contributed by atoms with Crippen LogP contribution in [0.5, 0.6) is 0 Å². The summed E-state index contributed by atoms with van der Waals surface area (Å²) in [6.45, 7) is 5.39. The van der Waals surface area contributed by atoms with E-state index in [1.807, 2.05) is 23.2 Å². The fraction of sp³-hybridized carbons (Fsp3) is 0.500. The van der Waals surface area contributed by atoms with E-state index in [0.717, 1.165) is 37.6 Å². The molecule has 0 bridgehead atoms. The van der Waals surface area contributed by atoms with Crippen LogP contribution in [-0.2, 0) is 11.3 Å². The summed E-state index contributed by atoms with van der Waals surface area (Å²) in [5.41, 5.74) is 7.51. The summed E-state index contributed by atoms with van der Waals surface area (Å²) in [6.07, 6.45) is 1.85. The molecule has 1 aromatic rings. The molecule has 0 aromatic carbocycles. The Morgan fingerprint density at radius 1 is 1.35 bits per heavy atom. The van der Waals surface area contributed by atoms with Crippen LogP contribution in [0.15, 0.2) is 18.3 Å². The number of nitrogens with two attached hydrogens (primary N) is 1. The van der Waals surface area contributed by atoms with Gasteiger partial charge >= 0.3 is 0 Å².